The van der Waals surface area contributed by atoms with Crippen molar-refractivity contribution in [3.8, 4) is 11.5 Å². The number of hydrogen-bond donors (Lipinski definition) is 0. The molecule has 0 aliphatic carbocycles. The first kappa shape index (κ1) is 16.1. The number of hydrogen-bond acceptors (Lipinski definition) is 3. The number of esters is 1. The Labute approximate surface area is 131 Å². The van der Waals surface area contributed by atoms with Crippen molar-refractivity contribution in [2.75, 3.05) is 6.61 Å². The van der Waals surface area contributed by atoms with Gasteiger partial charge in [0.05, 0.1) is 0 Å². The van der Waals surface area contributed by atoms with E-state index in [1.807, 2.05) is 48.5 Å². The summed E-state index contributed by atoms with van der Waals surface area (Å²) in [4.78, 5) is 11.9. The monoisotopic (exact) mass is 298 g/mol. The predicted octanol–water partition coefficient (Wildman–Crippen LogP) is 4.36. The van der Waals surface area contributed by atoms with Crippen LogP contribution in [0.5, 0.6) is 11.5 Å². The summed E-state index contributed by atoms with van der Waals surface area (Å²) in [6.07, 6.45) is 0.863. The van der Waals surface area contributed by atoms with E-state index in [1.165, 1.54) is 5.56 Å². The van der Waals surface area contributed by atoms with Crippen molar-refractivity contribution in [3.63, 3.8) is 0 Å². The Kier molecular flexibility index (Phi) is 5.59. The van der Waals surface area contributed by atoms with Crippen molar-refractivity contribution in [3.05, 3.63) is 59.7 Å². The molecule has 0 atom stereocenters. The van der Waals surface area contributed by atoms with Gasteiger partial charge in [-0.25, -0.2) is 4.79 Å². The number of carbonyl (C=O) groups excluding carboxylic acids is 1. The normalized spacial score (nSPS) is 10.5. The van der Waals surface area contributed by atoms with Gasteiger partial charge in [-0.2, -0.15) is 0 Å². The van der Waals surface area contributed by atoms with Crippen molar-refractivity contribution in [1.29, 1.82) is 0 Å². The minimum absolute atomic E-state index is 0.0943. The van der Waals surface area contributed by atoms with Crippen LogP contribution >= 0.6 is 0 Å². The molecular weight excluding hydrogens is 276 g/mol. The predicted molar refractivity (Wildman–Crippen MR) is 87.5 cm³/mol. The number of ether oxygens (including phenoxy) is 2. The molecule has 0 saturated heterocycles. The number of para-hydroxylation sites is 1. The summed E-state index contributed by atoms with van der Waals surface area (Å²) in [7, 11) is 0. The fraction of sp³-hybridized carbons (Fsp3) is 0.316. The maximum absolute atomic E-state index is 11.9. The average molecular weight is 298 g/mol. The van der Waals surface area contributed by atoms with Crippen LogP contribution in [0.2, 0.25) is 0 Å². The zero-order valence-electron chi connectivity index (χ0n) is 13.3. The van der Waals surface area contributed by atoms with Gasteiger partial charge in [0.1, 0.15) is 11.5 Å². The molecule has 0 N–H and O–H groups in total. The molecule has 0 spiro atoms. The van der Waals surface area contributed by atoms with E-state index < -0.39 is 5.97 Å². The number of carbonyl (C=O) groups is 1. The number of benzene rings is 2. The zero-order valence-corrected chi connectivity index (χ0v) is 13.3. The molecule has 0 heterocycles. The van der Waals surface area contributed by atoms with Gasteiger partial charge in [-0.15, -0.1) is 0 Å². The third kappa shape index (κ3) is 4.35. The standard InChI is InChI=1S/C19H22O3/c1-4-15-7-5-6-8-18(15)21-13-19(20)22-17-11-9-16(10-12-17)14(2)3/h5-12,14H,4,13H2,1-3H3. The summed E-state index contributed by atoms with van der Waals surface area (Å²) in [6.45, 7) is 6.21. The first-order chi connectivity index (χ1) is 10.6. The van der Waals surface area contributed by atoms with Gasteiger partial charge in [-0.3, -0.25) is 0 Å². The molecule has 22 heavy (non-hydrogen) atoms. The van der Waals surface area contributed by atoms with E-state index >= 15 is 0 Å². The van der Waals surface area contributed by atoms with Gasteiger partial charge in [-0.1, -0.05) is 51.1 Å². The minimum atomic E-state index is -0.400. The molecule has 2 aromatic carbocycles. The fourth-order valence-electron chi connectivity index (χ4n) is 2.16. The second-order valence-electron chi connectivity index (χ2n) is 5.45. The molecule has 0 radical (unpaired) electrons. The Bertz CT molecular complexity index is 615. The molecule has 3 nitrogen and oxygen atoms in total. The van der Waals surface area contributed by atoms with Crippen molar-refractivity contribution in [1.82, 2.24) is 0 Å². The highest BCUT2D eigenvalue weighted by atomic mass is 16.6. The van der Waals surface area contributed by atoms with E-state index in [9.17, 15) is 4.79 Å². The van der Waals surface area contributed by atoms with Gasteiger partial charge in [0.15, 0.2) is 6.61 Å². The SMILES string of the molecule is CCc1ccccc1OCC(=O)Oc1ccc(C(C)C)cc1. The van der Waals surface area contributed by atoms with Gasteiger partial charge in [0, 0.05) is 0 Å². The van der Waals surface area contributed by atoms with Crippen molar-refractivity contribution in [2.45, 2.75) is 33.1 Å². The highest BCUT2D eigenvalue weighted by Crippen LogP contribution is 2.20. The summed E-state index contributed by atoms with van der Waals surface area (Å²) in [5.41, 5.74) is 2.30. The summed E-state index contributed by atoms with van der Waals surface area (Å²) in [5.74, 6) is 1.33. The van der Waals surface area contributed by atoms with Gasteiger partial charge in [0.25, 0.3) is 0 Å². The van der Waals surface area contributed by atoms with Crippen LogP contribution < -0.4 is 9.47 Å². The molecular formula is C19H22O3. The molecule has 2 rings (SSSR count). The molecule has 0 saturated carbocycles. The van der Waals surface area contributed by atoms with E-state index in [-0.39, 0.29) is 6.61 Å². The van der Waals surface area contributed by atoms with Crippen molar-refractivity contribution in [2.24, 2.45) is 0 Å². The highest BCUT2D eigenvalue weighted by molar-refractivity contribution is 5.74. The average Bonchev–Trinajstić information content (AvgIpc) is 2.53. The Morgan fingerprint density at radius 3 is 2.36 bits per heavy atom. The zero-order chi connectivity index (χ0) is 15.9. The van der Waals surface area contributed by atoms with Crippen LogP contribution in [-0.4, -0.2) is 12.6 Å². The van der Waals surface area contributed by atoms with Gasteiger partial charge in [-0.05, 0) is 41.7 Å². The summed E-state index contributed by atoms with van der Waals surface area (Å²) in [5, 5.41) is 0. The highest BCUT2D eigenvalue weighted by Gasteiger charge is 2.08. The molecule has 3 heteroatoms. The molecule has 0 fully saturated rings. The molecule has 0 bridgehead atoms. The first-order valence-corrected chi connectivity index (χ1v) is 7.61. The Balaban J connectivity index is 1.90. The summed E-state index contributed by atoms with van der Waals surface area (Å²) < 4.78 is 10.8. The van der Waals surface area contributed by atoms with E-state index in [2.05, 4.69) is 20.8 Å². The van der Waals surface area contributed by atoms with Gasteiger partial charge in [0.2, 0.25) is 0 Å². The van der Waals surface area contributed by atoms with E-state index in [4.69, 9.17) is 9.47 Å². The lowest BCUT2D eigenvalue weighted by Gasteiger charge is -2.10. The number of aryl methyl sites for hydroxylation is 1. The third-order valence-electron chi connectivity index (χ3n) is 3.48. The number of rotatable bonds is 6. The minimum Gasteiger partial charge on any atom is -0.482 e. The second kappa shape index (κ2) is 7.64. The summed E-state index contributed by atoms with van der Waals surface area (Å²) >= 11 is 0. The van der Waals surface area contributed by atoms with Gasteiger partial charge >= 0.3 is 5.97 Å². The van der Waals surface area contributed by atoms with E-state index in [0.29, 0.717) is 11.7 Å². The smallest absolute Gasteiger partial charge is 0.349 e. The largest absolute Gasteiger partial charge is 0.482 e. The molecule has 2 aromatic rings. The van der Waals surface area contributed by atoms with Crippen LogP contribution in [0.4, 0.5) is 0 Å². The van der Waals surface area contributed by atoms with Crippen LogP contribution in [0.3, 0.4) is 0 Å². The van der Waals surface area contributed by atoms with Crippen LogP contribution in [0.25, 0.3) is 0 Å². The molecule has 0 amide bonds. The second-order valence-corrected chi connectivity index (χ2v) is 5.45. The van der Waals surface area contributed by atoms with Crippen LogP contribution in [0, 0.1) is 0 Å². The maximum Gasteiger partial charge on any atom is 0.349 e. The molecule has 0 aliphatic rings. The third-order valence-corrected chi connectivity index (χ3v) is 3.48. The van der Waals surface area contributed by atoms with Gasteiger partial charge < -0.3 is 9.47 Å². The van der Waals surface area contributed by atoms with Crippen LogP contribution in [-0.2, 0) is 11.2 Å². The lowest BCUT2D eigenvalue weighted by atomic mass is 10.0. The lowest BCUT2D eigenvalue weighted by molar-refractivity contribution is -0.136. The first-order valence-electron chi connectivity index (χ1n) is 7.61. The molecule has 0 aromatic heterocycles. The molecule has 0 unspecified atom stereocenters. The van der Waals surface area contributed by atoms with E-state index in [1.54, 1.807) is 0 Å². The van der Waals surface area contributed by atoms with Crippen molar-refractivity contribution < 1.29 is 14.3 Å². The Morgan fingerprint density at radius 2 is 1.73 bits per heavy atom. The summed E-state index contributed by atoms with van der Waals surface area (Å²) in [6, 6.07) is 15.3. The van der Waals surface area contributed by atoms with E-state index in [0.717, 1.165) is 17.7 Å². The lowest BCUT2D eigenvalue weighted by Crippen LogP contribution is -2.18. The molecule has 0 aliphatic heterocycles. The van der Waals surface area contributed by atoms with Crippen LogP contribution in [0.15, 0.2) is 48.5 Å². The van der Waals surface area contributed by atoms with Crippen LogP contribution in [0.1, 0.15) is 37.8 Å². The Hall–Kier alpha value is -2.29. The maximum atomic E-state index is 11.9. The quantitative estimate of drug-likeness (QED) is 0.587. The van der Waals surface area contributed by atoms with Crippen molar-refractivity contribution >= 4 is 5.97 Å². The Morgan fingerprint density at radius 1 is 1.05 bits per heavy atom. The topological polar surface area (TPSA) is 35.5 Å². The fourth-order valence-corrected chi connectivity index (χ4v) is 2.16. The molecule has 116 valence electrons.